The van der Waals surface area contributed by atoms with Crippen molar-refractivity contribution >= 4 is 28.3 Å². The van der Waals surface area contributed by atoms with E-state index >= 15 is 0 Å². The molecule has 0 spiro atoms. The van der Waals surface area contributed by atoms with Crippen molar-refractivity contribution in [3.05, 3.63) is 72.1 Å². The first-order valence-corrected chi connectivity index (χ1v) is 7.78. The van der Waals surface area contributed by atoms with Crippen LogP contribution in [0.1, 0.15) is 15.9 Å². The minimum Gasteiger partial charge on any atom is -0.293 e. The van der Waals surface area contributed by atoms with Crippen molar-refractivity contribution in [2.45, 2.75) is 11.8 Å². The zero-order chi connectivity index (χ0) is 14.7. The summed E-state index contributed by atoms with van der Waals surface area (Å²) in [5.41, 5.74) is 1.98. The molecule has 1 heterocycles. The second kappa shape index (κ2) is 6.10. The van der Waals surface area contributed by atoms with Crippen molar-refractivity contribution in [2.24, 2.45) is 0 Å². The molecule has 0 amide bonds. The average molecular weight is 293 g/mol. The van der Waals surface area contributed by atoms with Gasteiger partial charge in [-0.05, 0) is 30.0 Å². The van der Waals surface area contributed by atoms with E-state index in [2.05, 4.69) is 24.0 Å². The van der Waals surface area contributed by atoms with Crippen molar-refractivity contribution in [3.8, 4) is 0 Å². The topological polar surface area (TPSA) is 30.0 Å². The summed E-state index contributed by atoms with van der Waals surface area (Å²) >= 11 is 1.59. The van der Waals surface area contributed by atoms with Gasteiger partial charge in [-0.25, -0.2) is 0 Å². The van der Waals surface area contributed by atoms with Gasteiger partial charge in [-0.3, -0.25) is 9.78 Å². The lowest BCUT2D eigenvalue weighted by atomic mass is 10.0. The van der Waals surface area contributed by atoms with E-state index in [9.17, 15) is 4.79 Å². The van der Waals surface area contributed by atoms with E-state index in [0.29, 0.717) is 5.75 Å². The van der Waals surface area contributed by atoms with Gasteiger partial charge in [0, 0.05) is 28.2 Å². The summed E-state index contributed by atoms with van der Waals surface area (Å²) in [6.45, 7) is 2.07. The maximum Gasteiger partial charge on any atom is 0.173 e. The lowest BCUT2D eigenvalue weighted by molar-refractivity contribution is 0.102. The lowest BCUT2D eigenvalue weighted by Gasteiger charge is -2.07. The molecule has 104 valence electrons. The molecular formula is C18H15NOS. The maximum absolute atomic E-state index is 12.5. The standard InChI is InChI=1S/C18H15NOS/c1-13-5-2-3-8-18(13)21-12-17(20)16-7-4-6-14-11-19-10-9-15(14)16/h2-11H,12H2,1H3. The van der Waals surface area contributed by atoms with Crippen LogP contribution in [0, 0.1) is 6.92 Å². The molecule has 3 rings (SSSR count). The summed E-state index contributed by atoms with van der Waals surface area (Å²) < 4.78 is 0. The Balaban J connectivity index is 1.83. The van der Waals surface area contributed by atoms with E-state index in [0.717, 1.165) is 21.2 Å². The van der Waals surface area contributed by atoms with Gasteiger partial charge in [-0.1, -0.05) is 36.4 Å². The molecule has 21 heavy (non-hydrogen) atoms. The zero-order valence-electron chi connectivity index (χ0n) is 11.7. The first-order valence-electron chi connectivity index (χ1n) is 6.80. The number of carbonyl (C=O) groups is 1. The summed E-state index contributed by atoms with van der Waals surface area (Å²) in [4.78, 5) is 17.8. The van der Waals surface area contributed by atoms with Crippen molar-refractivity contribution in [2.75, 3.05) is 5.75 Å². The molecule has 0 aliphatic carbocycles. The number of pyridine rings is 1. The number of aryl methyl sites for hydroxylation is 1. The summed E-state index contributed by atoms with van der Waals surface area (Å²) in [6.07, 6.45) is 3.52. The van der Waals surface area contributed by atoms with Crippen molar-refractivity contribution in [1.29, 1.82) is 0 Å². The van der Waals surface area contributed by atoms with E-state index in [-0.39, 0.29) is 5.78 Å². The predicted molar refractivity (Wildman–Crippen MR) is 88.0 cm³/mol. The fourth-order valence-corrected chi connectivity index (χ4v) is 3.22. The van der Waals surface area contributed by atoms with Gasteiger partial charge in [0.25, 0.3) is 0 Å². The Morgan fingerprint density at radius 3 is 2.81 bits per heavy atom. The third-order valence-electron chi connectivity index (χ3n) is 3.43. The normalized spacial score (nSPS) is 10.7. The van der Waals surface area contributed by atoms with Crippen LogP contribution in [0.2, 0.25) is 0 Å². The Kier molecular flexibility index (Phi) is 4.02. The van der Waals surface area contributed by atoms with Crippen LogP contribution in [-0.2, 0) is 0 Å². The number of aromatic nitrogens is 1. The molecule has 3 heteroatoms. The van der Waals surface area contributed by atoms with Crippen LogP contribution in [0.5, 0.6) is 0 Å². The molecule has 1 aromatic heterocycles. The largest absolute Gasteiger partial charge is 0.293 e. The Hall–Kier alpha value is -2.13. The first kappa shape index (κ1) is 13.8. The number of hydrogen-bond donors (Lipinski definition) is 0. The SMILES string of the molecule is Cc1ccccc1SCC(=O)c1cccc2cnccc12. The quantitative estimate of drug-likeness (QED) is 0.523. The number of nitrogens with zero attached hydrogens (tertiary/aromatic N) is 1. The van der Waals surface area contributed by atoms with Crippen molar-refractivity contribution < 1.29 is 4.79 Å². The van der Waals surface area contributed by atoms with Crippen molar-refractivity contribution in [1.82, 2.24) is 4.98 Å². The van der Waals surface area contributed by atoms with Crippen LogP contribution in [0.3, 0.4) is 0 Å². The smallest absolute Gasteiger partial charge is 0.173 e. The molecule has 2 nitrogen and oxygen atoms in total. The number of ketones is 1. The Labute approximate surface area is 128 Å². The molecule has 0 saturated heterocycles. The summed E-state index contributed by atoms with van der Waals surface area (Å²) in [6, 6.07) is 15.8. The number of rotatable bonds is 4. The van der Waals surface area contributed by atoms with Crippen LogP contribution < -0.4 is 0 Å². The Morgan fingerprint density at radius 2 is 1.95 bits per heavy atom. The predicted octanol–water partition coefficient (Wildman–Crippen LogP) is 4.52. The molecule has 0 fully saturated rings. The number of Topliss-reactive ketones (excluding diaryl/α,β-unsaturated/α-hetero) is 1. The number of hydrogen-bond acceptors (Lipinski definition) is 3. The van der Waals surface area contributed by atoms with E-state index in [1.54, 1.807) is 24.2 Å². The van der Waals surface area contributed by atoms with Gasteiger partial charge in [-0.2, -0.15) is 0 Å². The second-order valence-electron chi connectivity index (χ2n) is 4.88. The minimum atomic E-state index is 0.153. The lowest BCUT2D eigenvalue weighted by Crippen LogP contribution is -2.03. The van der Waals surface area contributed by atoms with Gasteiger partial charge < -0.3 is 0 Å². The number of benzene rings is 2. The van der Waals surface area contributed by atoms with Gasteiger partial charge >= 0.3 is 0 Å². The van der Waals surface area contributed by atoms with Gasteiger partial charge in [0.2, 0.25) is 0 Å². The molecule has 0 atom stereocenters. The number of carbonyl (C=O) groups excluding carboxylic acids is 1. The molecule has 0 saturated carbocycles. The van der Waals surface area contributed by atoms with E-state index in [1.807, 2.05) is 36.4 Å². The highest BCUT2D eigenvalue weighted by Crippen LogP contribution is 2.24. The molecule has 0 aliphatic rings. The van der Waals surface area contributed by atoms with Gasteiger partial charge in [0.1, 0.15) is 0 Å². The summed E-state index contributed by atoms with van der Waals surface area (Å²) in [7, 11) is 0. The molecule has 0 N–H and O–H groups in total. The summed E-state index contributed by atoms with van der Waals surface area (Å²) in [5, 5.41) is 1.98. The number of thioether (sulfide) groups is 1. The van der Waals surface area contributed by atoms with Crippen LogP contribution in [-0.4, -0.2) is 16.5 Å². The molecular weight excluding hydrogens is 278 g/mol. The summed E-state index contributed by atoms with van der Waals surface area (Å²) in [5.74, 6) is 0.604. The van der Waals surface area contributed by atoms with Crippen molar-refractivity contribution in [3.63, 3.8) is 0 Å². The maximum atomic E-state index is 12.5. The number of fused-ring (bicyclic) bond motifs is 1. The molecule has 0 aliphatic heterocycles. The molecule has 2 aromatic carbocycles. The third-order valence-corrected chi connectivity index (χ3v) is 4.61. The molecule has 3 aromatic rings. The van der Waals surface area contributed by atoms with Crippen LogP contribution >= 0.6 is 11.8 Å². The molecule has 0 radical (unpaired) electrons. The first-order chi connectivity index (χ1) is 10.3. The van der Waals surface area contributed by atoms with Crippen LogP contribution in [0.4, 0.5) is 0 Å². The molecule has 0 bridgehead atoms. The Morgan fingerprint density at radius 1 is 1.10 bits per heavy atom. The zero-order valence-corrected chi connectivity index (χ0v) is 12.6. The van der Waals surface area contributed by atoms with Gasteiger partial charge in [-0.15, -0.1) is 11.8 Å². The second-order valence-corrected chi connectivity index (χ2v) is 5.90. The fraction of sp³-hybridized carbons (Fsp3) is 0.111. The van der Waals surface area contributed by atoms with E-state index in [4.69, 9.17) is 0 Å². The minimum absolute atomic E-state index is 0.153. The van der Waals surface area contributed by atoms with Crippen LogP contribution in [0.15, 0.2) is 65.8 Å². The van der Waals surface area contributed by atoms with E-state index in [1.165, 1.54) is 5.56 Å². The van der Waals surface area contributed by atoms with Gasteiger partial charge in [0.05, 0.1) is 5.75 Å². The monoisotopic (exact) mass is 293 g/mol. The Bertz CT molecular complexity index is 793. The van der Waals surface area contributed by atoms with Gasteiger partial charge in [0.15, 0.2) is 5.78 Å². The fourth-order valence-electron chi connectivity index (χ4n) is 2.31. The van der Waals surface area contributed by atoms with Crippen LogP contribution in [0.25, 0.3) is 10.8 Å². The molecule has 0 unspecified atom stereocenters. The highest BCUT2D eigenvalue weighted by Gasteiger charge is 2.11. The highest BCUT2D eigenvalue weighted by molar-refractivity contribution is 8.00. The average Bonchev–Trinajstić information content (AvgIpc) is 2.53. The highest BCUT2D eigenvalue weighted by atomic mass is 32.2. The van der Waals surface area contributed by atoms with E-state index < -0.39 is 0 Å². The third kappa shape index (κ3) is 2.98.